The van der Waals surface area contributed by atoms with Crippen LogP contribution in [0.2, 0.25) is 0 Å². The van der Waals surface area contributed by atoms with E-state index in [0.717, 1.165) is 0 Å². The Labute approximate surface area is 83.8 Å². The van der Waals surface area contributed by atoms with Crippen LogP contribution < -0.4 is 16.2 Å². The Balaban J connectivity index is 2.46. The molecule has 4 N–H and O–H groups in total. The quantitative estimate of drug-likeness (QED) is 0.549. The molecule has 0 fully saturated rings. The molecule has 0 aliphatic carbocycles. The van der Waals surface area contributed by atoms with Gasteiger partial charge in [-0.2, -0.15) is 0 Å². The number of benzene rings is 1. The van der Waals surface area contributed by atoms with Crippen molar-refractivity contribution in [3.63, 3.8) is 0 Å². The van der Waals surface area contributed by atoms with Gasteiger partial charge in [0.1, 0.15) is 12.4 Å². The summed E-state index contributed by atoms with van der Waals surface area (Å²) in [6, 6.07) is 5.34. The number of rotatable bonds is 5. The van der Waals surface area contributed by atoms with Crippen molar-refractivity contribution in [2.24, 2.45) is 0 Å². The number of hydrogen-bond donors (Lipinski definition) is 2. The fourth-order valence-electron chi connectivity index (χ4n) is 1.04. The van der Waals surface area contributed by atoms with Gasteiger partial charge >= 0.3 is 0 Å². The molecule has 0 radical (unpaired) electrons. The third-order valence-corrected chi connectivity index (χ3v) is 1.79. The molecule has 0 aliphatic rings. The second-order valence-corrected chi connectivity index (χ2v) is 2.80. The average Bonchev–Trinajstić information content (AvgIpc) is 2.19. The number of hydrogen-bond acceptors (Lipinski definition) is 4. The minimum absolute atomic E-state index is 0.488. The van der Waals surface area contributed by atoms with Crippen LogP contribution in [0.3, 0.4) is 0 Å². The van der Waals surface area contributed by atoms with Gasteiger partial charge in [-0.25, -0.2) is 0 Å². The summed E-state index contributed by atoms with van der Waals surface area (Å²) in [6.45, 7) is 3.68. The van der Waals surface area contributed by atoms with Crippen molar-refractivity contribution in [3.05, 3.63) is 18.2 Å². The van der Waals surface area contributed by atoms with Crippen LogP contribution in [0.15, 0.2) is 18.2 Å². The fourth-order valence-corrected chi connectivity index (χ4v) is 1.04. The van der Waals surface area contributed by atoms with E-state index in [2.05, 4.69) is 0 Å². The van der Waals surface area contributed by atoms with Gasteiger partial charge in [0.05, 0.1) is 18.0 Å². The Morgan fingerprint density at radius 2 is 2.00 bits per heavy atom. The van der Waals surface area contributed by atoms with Crippen LogP contribution in [-0.2, 0) is 4.74 Å². The van der Waals surface area contributed by atoms with E-state index in [4.69, 9.17) is 20.9 Å². The zero-order chi connectivity index (χ0) is 10.4. The normalized spacial score (nSPS) is 10.1. The van der Waals surface area contributed by atoms with E-state index < -0.39 is 0 Å². The molecule has 0 amide bonds. The van der Waals surface area contributed by atoms with Crippen LogP contribution in [-0.4, -0.2) is 19.8 Å². The van der Waals surface area contributed by atoms with Crippen molar-refractivity contribution in [3.8, 4) is 5.75 Å². The van der Waals surface area contributed by atoms with Gasteiger partial charge in [0, 0.05) is 6.61 Å². The summed E-state index contributed by atoms with van der Waals surface area (Å²) < 4.78 is 10.5. The monoisotopic (exact) mass is 196 g/mol. The molecule has 0 saturated heterocycles. The second kappa shape index (κ2) is 5.34. The molecule has 0 aliphatic heterocycles. The van der Waals surface area contributed by atoms with Crippen molar-refractivity contribution < 1.29 is 9.47 Å². The van der Waals surface area contributed by atoms with Crippen LogP contribution in [0.4, 0.5) is 11.4 Å². The highest BCUT2D eigenvalue weighted by Gasteiger charge is 2.02. The standard InChI is InChI=1S/C10H16N2O2/c1-2-13-6-7-14-9-5-3-4-8(11)10(9)12/h3-5H,2,6-7,11-12H2,1H3. The first kappa shape index (κ1) is 10.7. The summed E-state index contributed by atoms with van der Waals surface area (Å²) in [7, 11) is 0. The van der Waals surface area contributed by atoms with E-state index in [0.29, 0.717) is 36.9 Å². The lowest BCUT2D eigenvalue weighted by Crippen LogP contribution is -2.08. The number of ether oxygens (including phenoxy) is 2. The first-order valence-electron chi connectivity index (χ1n) is 4.60. The van der Waals surface area contributed by atoms with Crippen molar-refractivity contribution in [2.75, 3.05) is 31.3 Å². The van der Waals surface area contributed by atoms with E-state index in [1.807, 2.05) is 13.0 Å². The highest BCUT2D eigenvalue weighted by molar-refractivity contribution is 5.70. The summed E-state index contributed by atoms with van der Waals surface area (Å²) in [5.41, 5.74) is 12.4. The molecule has 0 atom stereocenters. The Morgan fingerprint density at radius 3 is 2.71 bits per heavy atom. The fraction of sp³-hybridized carbons (Fsp3) is 0.400. The van der Waals surface area contributed by atoms with Gasteiger partial charge < -0.3 is 20.9 Å². The third kappa shape index (κ3) is 2.81. The molecule has 0 bridgehead atoms. The van der Waals surface area contributed by atoms with E-state index >= 15 is 0 Å². The van der Waals surface area contributed by atoms with Crippen molar-refractivity contribution in [1.29, 1.82) is 0 Å². The van der Waals surface area contributed by atoms with E-state index in [-0.39, 0.29) is 0 Å². The minimum Gasteiger partial charge on any atom is -0.489 e. The number of nitrogens with two attached hydrogens (primary N) is 2. The summed E-state index contributed by atoms with van der Waals surface area (Å²) in [5.74, 6) is 0.615. The molecule has 4 nitrogen and oxygen atoms in total. The molecule has 0 heterocycles. The summed E-state index contributed by atoms with van der Waals surface area (Å²) in [4.78, 5) is 0. The van der Waals surface area contributed by atoms with Crippen LogP contribution in [0.5, 0.6) is 5.75 Å². The summed E-state index contributed by atoms with van der Waals surface area (Å²) in [5, 5.41) is 0. The molecule has 14 heavy (non-hydrogen) atoms. The van der Waals surface area contributed by atoms with Gasteiger partial charge in [0.25, 0.3) is 0 Å². The van der Waals surface area contributed by atoms with Crippen LogP contribution in [0, 0.1) is 0 Å². The molecule has 78 valence electrons. The molecule has 0 unspecified atom stereocenters. The van der Waals surface area contributed by atoms with Gasteiger partial charge in [-0.3, -0.25) is 0 Å². The van der Waals surface area contributed by atoms with Crippen LogP contribution >= 0.6 is 0 Å². The molecular weight excluding hydrogens is 180 g/mol. The topological polar surface area (TPSA) is 70.5 Å². The van der Waals surface area contributed by atoms with Crippen molar-refractivity contribution in [1.82, 2.24) is 0 Å². The molecule has 0 spiro atoms. The minimum atomic E-state index is 0.488. The maximum absolute atomic E-state index is 5.71. The predicted molar refractivity (Wildman–Crippen MR) is 57.3 cm³/mol. The number of anilines is 2. The van der Waals surface area contributed by atoms with E-state index in [1.54, 1.807) is 12.1 Å². The molecule has 0 saturated carbocycles. The maximum atomic E-state index is 5.71. The Bertz CT molecular complexity index is 289. The van der Waals surface area contributed by atoms with Gasteiger partial charge in [0.15, 0.2) is 0 Å². The lowest BCUT2D eigenvalue weighted by molar-refractivity contribution is 0.110. The number of para-hydroxylation sites is 1. The molecule has 0 aromatic heterocycles. The van der Waals surface area contributed by atoms with Gasteiger partial charge in [-0.05, 0) is 19.1 Å². The molecule has 1 aromatic rings. The second-order valence-electron chi connectivity index (χ2n) is 2.80. The highest BCUT2D eigenvalue weighted by atomic mass is 16.5. The Morgan fingerprint density at radius 1 is 1.21 bits per heavy atom. The zero-order valence-corrected chi connectivity index (χ0v) is 8.32. The van der Waals surface area contributed by atoms with Crippen LogP contribution in [0.25, 0.3) is 0 Å². The highest BCUT2D eigenvalue weighted by Crippen LogP contribution is 2.26. The molecular formula is C10H16N2O2. The SMILES string of the molecule is CCOCCOc1cccc(N)c1N. The van der Waals surface area contributed by atoms with E-state index in [1.165, 1.54) is 0 Å². The zero-order valence-electron chi connectivity index (χ0n) is 8.32. The van der Waals surface area contributed by atoms with Crippen LogP contribution in [0.1, 0.15) is 6.92 Å². The molecule has 4 heteroatoms. The van der Waals surface area contributed by atoms with Crippen molar-refractivity contribution >= 4 is 11.4 Å². The van der Waals surface area contributed by atoms with Gasteiger partial charge in [0.2, 0.25) is 0 Å². The average molecular weight is 196 g/mol. The summed E-state index contributed by atoms with van der Waals surface area (Å²) >= 11 is 0. The lowest BCUT2D eigenvalue weighted by atomic mass is 10.2. The smallest absolute Gasteiger partial charge is 0.144 e. The molecule has 1 rings (SSSR count). The Kier molecular flexibility index (Phi) is 4.07. The Hall–Kier alpha value is -1.42. The summed E-state index contributed by atoms with van der Waals surface area (Å²) in [6.07, 6.45) is 0. The van der Waals surface area contributed by atoms with Gasteiger partial charge in [-0.1, -0.05) is 6.07 Å². The molecule has 1 aromatic carbocycles. The maximum Gasteiger partial charge on any atom is 0.144 e. The third-order valence-electron chi connectivity index (χ3n) is 1.79. The van der Waals surface area contributed by atoms with Gasteiger partial charge in [-0.15, -0.1) is 0 Å². The lowest BCUT2D eigenvalue weighted by Gasteiger charge is -2.09. The first-order chi connectivity index (χ1) is 6.75. The van der Waals surface area contributed by atoms with E-state index in [9.17, 15) is 0 Å². The first-order valence-corrected chi connectivity index (χ1v) is 4.60. The van der Waals surface area contributed by atoms with Crippen molar-refractivity contribution in [2.45, 2.75) is 6.92 Å². The largest absolute Gasteiger partial charge is 0.489 e. The number of nitrogen functional groups attached to an aromatic ring is 2. The predicted octanol–water partition coefficient (Wildman–Crippen LogP) is 1.27.